The topological polar surface area (TPSA) is 63.9 Å². The lowest BCUT2D eigenvalue weighted by Gasteiger charge is -2.21. The normalized spacial score (nSPS) is 10.8. The maximum atomic E-state index is 13.0. The fourth-order valence-electron chi connectivity index (χ4n) is 3.42. The highest BCUT2D eigenvalue weighted by atomic mass is 35.5. The number of anilines is 1. The summed E-state index contributed by atoms with van der Waals surface area (Å²) in [5.74, 6) is 0.909. The van der Waals surface area contributed by atoms with Gasteiger partial charge in [0.05, 0.1) is 11.4 Å². The molecule has 2 aromatic carbocycles. The van der Waals surface area contributed by atoms with E-state index in [0.717, 1.165) is 22.5 Å². The number of nitrogens with zero attached hydrogens (tertiary/aromatic N) is 5. The Morgan fingerprint density at radius 1 is 1.03 bits per heavy atom. The largest absolute Gasteiger partial charge is 0.312 e. The zero-order valence-corrected chi connectivity index (χ0v) is 19.3. The summed E-state index contributed by atoms with van der Waals surface area (Å²) in [6, 6.07) is 19.2. The first kappa shape index (κ1) is 22.0. The molecule has 0 aliphatic carbocycles. The van der Waals surface area contributed by atoms with Crippen molar-refractivity contribution in [1.82, 2.24) is 19.7 Å². The Bertz CT molecular complexity index is 1210. The lowest BCUT2D eigenvalue weighted by Crippen LogP contribution is -2.32. The molecule has 0 spiro atoms. The van der Waals surface area contributed by atoms with E-state index in [1.807, 2.05) is 79.1 Å². The van der Waals surface area contributed by atoms with Crippen LogP contribution in [0.2, 0.25) is 5.02 Å². The number of hydrogen-bond acceptors (Lipinski definition) is 5. The lowest BCUT2D eigenvalue weighted by atomic mass is 10.2. The van der Waals surface area contributed by atoms with Crippen LogP contribution in [0.15, 0.2) is 78.2 Å². The third-order valence-corrected chi connectivity index (χ3v) is 6.38. The number of hydrogen-bond donors (Lipinski definition) is 0. The highest BCUT2D eigenvalue weighted by Crippen LogP contribution is 2.31. The number of rotatable bonds is 7. The van der Waals surface area contributed by atoms with Gasteiger partial charge in [0.15, 0.2) is 11.0 Å². The van der Waals surface area contributed by atoms with Crippen molar-refractivity contribution in [3.05, 3.63) is 83.6 Å². The summed E-state index contributed by atoms with van der Waals surface area (Å²) < 4.78 is 1.95. The van der Waals surface area contributed by atoms with Crippen LogP contribution in [-0.4, -0.2) is 38.0 Å². The van der Waals surface area contributed by atoms with Crippen molar-refractivity contribution in [2.75, 3.05) is 17.2 Å². The van der Waals surface area contributed by atoms with E-state index in [2.05, 4.69) is 15.2 Å². The first-order valence-corrected chi connectivity index (χ1v) is 11.6. The standard InChI is InChI=1S/C24H22ClN5OS/c1-3-29(19-8-5-4-6-9-19)22(31)16-32-24-28-27-23(18-12-14-26-15-13-18)30(24)21-11-7-10-20(25)17(21)2/h4-15H,3,16H2,1-2H3. The molecule has 0 aliphatic rings. The summed E-state index contributed by atoms with van der Waals surface area (Å²) in [4.78, 5) is 18.9. The quantitative estimate of drug-likeness (QED) is 0.341. The Hall–Kier alpha value is -3.16. The first-order valence-electron chi connectivity index (χ1n) is 10.2. The van der Waals surface area contributed by atoms with Gasteiger partial charge in [-0.1, -0.05) is 47.6 Å². The molecule has 0 aliphatic heterocycles. The third kappa shape index (κ3) is 4.54. The fourth-order valence-corrected chi connectivity index (χ4v) is 4.41. The van der Waals surface area contributed by atoms with Gasteiger partial charge in [-0.05, 0) is 55.8 Å². The predicted octanol–water partition coefficient (Wildman–Crippen LogP) is 5.44. The highest BCUT2D eigenvalue weighted by Gasteiger charge is 2.21. The molecule has 2 aromatic heterocycles. The van der Waals surface area contributed by atoms with Gasteiger partial charge >= 0.3 is 0 Å². The van der Waals surface area contributed by atoms with Gasteiger partial charge in [-0.3, -0.25) is 14.3 Å². The van der Waals surface area contributed by atoms with E-state index >= 15 is 0 Å². The zero-order chi connectivity index (χ0) is 22.5. The van der Waals surface area contributed by atoms with Gasteiger partial charge in [-0.25, -0.2) is 0 Å². The lowest BCUT2D eigenvalue weighted by molar-refractivity contribution is -0.116. The van der Waals surface area contributed by atoms with Crippen molar-refractivity contribution < 1.29 is 4.79 Å². The molecule has 4 aromatic rings. The van der Waals surface area contributed by atoms with Gasteiger partial charge in [0.2, 0.25) is 5.91 Å². The molecular weight excluding hydrogens is 442 g/mol. The molecule has 6 nitrogen and oxygen atoms in total. The van der Waals surface area contributed by atoms with Gasteiger partial charge in [-0.2, -0.15) is 0 Å². The van der Waals surface area contributed by atoms with Gasteiger partial charge in [0.1, 0.15) is 0 Å². The van der Waals surface area contributed by atoms with Gasteiger partial charge in [0.25, 0.3) is 0 Å². The van der Waals surface area contributed by atoms with E-state index in [4.69, 9.17) is 11.6 Å². The Kier molecular flexibility index (Phi) is 6.87. The third-order valence-electron chi connectivity index (χ3n) is 5.06. The Balaban J connectivity index is 1.68. The summed E-state index contributed by atoms with van der Waals surface area (Å²) in [7, 11) is 0. The molecule has 0 N–H and O–H groups in total. The molecule has 0 bridgehead atoms. The molecule has 162 valence electrons. The number of carbonyl (C=O) groups excluding carboxylic acids is 1. The molecule has 4 rings (SSSR count). The van der Waals surface area contributed by atoms with E-state index in [1.165, 1.54) is 11.8 Å². The molecular formula is C24H22ClN5OS. The molecule has 0 saturated heterocycles. The second kappa shape index (κ2) is 9.97. The zero-order valence-electron chi connectivity index (χ0n) is 17.8. The molecule has 0 radical (unpaired) electrons. The van der Waals surface area contributed by atoms with E-state index in [9.17, 15) is 4.79 Å². The second-order valence-electron chi connectivity index (χ2n) is 7.02. The van der Waals surface area contributed by atoms with E-state index in [-0.39, 0.29) is 11.7 Å². The van der Waals surface area contributed by atoms with E-state index < -0.39 is 0 Å². The monoisotopic (exact) mass is 463 g/mol. The van der Waals surface area contributed by atoms with Crippen LogP contribution in [0.4, 0.5) is 5.69 Å². The van der Waals surface area contributed by atoms with Crippen LogP contribution in [-0.2, 0) is 4.79 Å². The van der Waals surface area contributed by atoms with Crippen LogP contribution < -0.4 is 4.90 Å². The van der Waals surface area contributed by atoms with Crippen molar-refractivity contribution >= 4 is 35.0 Å². The number of amides is 1. The minimum Gasteiger partial charge on any atom is -0.312 e. The van der Waals surface area contributed by atoms with Gasteiger partial charge < -0.3 is 4.90 Å². The Morgan fingerprint density at radius 2 is 1.78 bits per heavy atom. The maximum absolute atomic E-state index is 13.0. The minimum atomic E-state index is 0.00604. The van der Waals surface area contributed by atoms with Gasteiger partial charge in [0, 0.05) is 35.2 Å². The van der Waals surface area contributed by atoms with Crippen LogP contribution in [0.1, 0.15) is 12.5 Å². The molecule has 0 unspecified atom stereocenters. The number of carbonyl (C=O) groups is 1. The van der Waals surface area contributed by atoms with Crippen LogP contribution in [0.3, 0.4) is 0 Å². The van der Waals surface area contributed by atoms with Crippen molar-refractivity contribution in [2.45, 2.75) is 19.0 Å². The number of aromatic nitrogens is 4. The first-order chi connectivity index (χ1) is 15.6. The van der Waals surface area contributed by atoms with Crippen molar-refractivity contribution in [3.63, 3.8) is 0 Å². The summed E-state index contributed by atoms with van der Waals surface area (Å²) in [6.07, 6.45) is 3.43. The number of para-hydroxylation sites is 1. The van der Waals surface area contributed by atoms with E-state index in [1.54, 1.807) is 17.3 Å². The summed E-state index contributed by atoms with van der Waals surface area (Å²) in [6.45, 7) is 4.52. The SMILES string of the molecule is CCN(C(=O)CSc1nnc(-c2ccncc2)n1-c1cccc(Cl)c1C)c1ccccc1. The average Bonchev–Trinajstić information content (AvgIpc) is 3.25. The van der Waals surface area contributed by atoms with Gasteiger partial charge in [-0.15, -0.1) is 10.2 Å². The molecule has 0 saturated carbocycles. The number of pyridine rings is 1. The Morgan fingerprint density at radius 3 is 2.50 bits per heavy atom. The molecule has 32 heavy (non-hydrogen) atoms. The summed E-state index contributed by atoms with van der Waals surface area (Å²) in [5, 5.41) is 10.1. The summed E-state index contributed by atoms with van der Waals surface area (Å²) in [5.41, 5.74) is 3.55. The number of thioether (sulfide) groups is 1. The summed E-state index contributed by atoms with van der Waals surface area (Å²) >= 11 is 7.76. The smallest absolute Gasteiger partial charge is 0.237 e. The Labute approximate surface area is 196 Å². The number of halogens is 1. The average molecular weight is 464 g/mol. The minimum absolute atomic E-state index is 0.00604. The van der Waals surface area contributed by atoms with Crippen LogP contribution >= 0.6 is 23.4 Å². The molecule has 0 fully saturated rings. The highest BCUT2D eigenvalue weighted by molar-refractivity contribution is 7.99. The van der Waals surface area contributed by atoms with Crippen LogP contribution in [0.5, 0.6) is 0 Å². The van der Waals surface area contributed by atoms with E-state index in [0.29, 0.717) is 22.5 Å². The van der Waals surface area contributed by atoms with Crippen molar-refractivity contribution in [2.24, 2.45) is 0 Å². The maximum Gasteiger partial charge on any atom is 0.237 e. The molecule has 8 heteroatoms. The molecule has 1 amide bonds. The predicted molar refractivity (Wildman–Crippen MR) is 130 cm³/mol. The molecule has 2 heterocycles. The van der Waals surface area contributed by atoms with Crippen molar-refractivity contribution in [1.29, 1.82) is 0 Å². The fraction of sp³-hybridized carbons (Fsp3) is 0.167. The van der Waals surface area contributed by atoms with Crippen LogP contribution in [0, 0.1) is 6.92 Å². The number of benzene rings is 2. The van der Waals surface area contributed by atoms with Crippen molar-refractivity contribution in [3.8, 4) is 17.1 Å². The molecule has 0 atom stereocenters. The van der Waals surface area contributed by atoms with Crippen LogP contribution in [0.25, 0.3) is 17.1 Å². The second-order valence-corrected chi connectivity index (χ2v) is 8.37.